The Labute approximate surface area is 209 Å². The Bertz CT molecular complexity index is 1920. The molecule has 1 heterocycles. The lowest BCUT2D eigenvalue weighted by Crippen LogP contribution is -2.03. The van der Waals surface area contributed by atoms with Crippen LogP contribution >= 0.6 is 11.3 Å². The molecule has 36 heavy (non-hydrogen) atoms. The molecule has 0 bridgehead atoms. The Morgan fingerprint density at radius 1 is 0.750 bits per heavy atom. The molecule has 4 N–H and O–H groups in total. The SMILES string of the molecule is Nc1nc(-c2ccc3ccccc3c2)c(N=Nc2cc(S(=O)(=O)O)c3cccc(S(=O)(=O)O)c3c2)s1. The quantitative estimate of drug-likeness (QED) is 0.191. The van der Waals surface area contributed by atoms with E-state index in [2.05, 4.69) is 15.2 Å². The molecule has 13 heteroatoms. The first-order valence-corrected chi connectivity index (χ1v) is 13.9. The summed E-state index contributed by atoms with van der Waals surface area (Å²) >= 11 is 1.06. The number of nitrogen functional groups attached to an aromatic ring is 1. The summed E-state index contributed by atoms with van der Waals surface area (Å²) in [6.45, 7) is 0. The number of hydrogen-bond donors (Lipinski definition) is 3. The first kappa shape index (κ1) is 24.0. The number of azo groups is 1. The van der Waals surface area contributed by atoms with E-state index in [0.717, 1.165) is 39.8 Å². The maximum absolute atomic E-state index is 12.0. The van der Waals surface area contributed by atoms with Crippen LogP contribution in [0.5, 0.6) is 0 Å². The minimum atomic E-state index is -4.77. The Balaban J connectivity index is 1.66. The molecule has 0 aliphatic carbocycles. The van der Waals surface area contributed by atoms with Crippen LogP contribution in [-0.4, -0.2) is 30.9 Å². The van der Waals surface area contributed by atoms with Gasteiger partial charge < -0.3 is 5.73 Å². The van der Waals surface area contributed by atoms with Crippen molar-refractivity contribution in [3.63, 3.8) is 0 Å². The van der Waals surface area contributed by atoms with E-state index in [4.69, 9.17) is 5.73 Å². The molecule has 0 fully saturated rings. The smallest absolute Gasteiger partial charge is 0.295 e. The van der Waals surface area contributed by atoms with Crippen molar-refractivity contribution in [2.24, 2.45) is 10.2 Å². The van der Waals surface area contributed by atoms with E-state index < -0.39 is 30.0 Å². The van der Waals surface area contributed by atoms with Crippen LogP contribution in [0.2, 0.25) is 0 Å². The molecule has 0 atom stereocenters. The van der Waals surface area contributed by atoms with Gasteiger partial charge in [-0.1, -0.05) is 59.9 Å². The molecule has 0 aliphatic rings. The number of anilines is 1. The second kappa shape index (κ2) is 8.72. The second-order valence-corrected chi connectivity index (χ2v) is 11.5. The van der Waals surface area contributed by atoms with Gasteiger partial charge in [-0.05, 0) is 35.0 Å². The fourth-order valence-electron chi connectivity index (χ4n) is 3.83. The van der Waals surface area contributed by atoms with Gasteiger partial charge in [0, 0.05) is 16.3 Å². The van der Waals surface area contributed by atoms with Gasteiger partial charge in [0.05, 0.1) is 5.69 Å². The Hall–Kier alpha value is -3.75. The van der Waals surface area contributed by atoms with E-state index in [-0.39, 0.29) is 21.6 Å². The molecule has 0 radical (unpaired) electrons. The third kappa shape index (κ3) is 4.57. The predicted octanol–water partition coefficient (Wildman–Crippen LogP) is 5.61. The van der Waals surface area contributed by atoms with Crippen molar-refractivity contribution in [2.45, 2.75) is 9.79 Å². The number of rotatable bonds is 5. The van der Waals surface area contributed by atoms with Crippen molar-refractivity contribution in [3.05, 3.63) is 72.8 Å². The molecule has 182 valence electrons. The van der Waals surface area contributed by atoms with Gasteiger partial charge in [-0.15, -0.1) is 10.2 Å². The van der Waals surface area contributed by atoms with E-state index in [1.54, 1.807) is 0 Å². The average Bonchev–Trinajstić information content (AvgIpc) is 3.20. The lowest BCUT2D eigenvalue weighted by molar-refractivity contribution is 0.481. The fraction of sp³-hybridized carbons (Fsp3) is 0. The normalized spacial score (nSPS) is 12.6. The molecule has 10 nitrogen and oxygen atoms in total. The van der Waals surface area contributed by atoms with Crippen molar-refractivity contribution in [2.75, 3.05) is 5.73 Å². The molecule has 1 aromatic heterocycles. The summed E-state index contributed by atoms with van der Waals surface area (Å²) in [6, 6.07) is 19.4. The van der Waals surface area contributed by atoms with Gasteiger partial charge >= 0.3 is 0 Å². The largest absolute Gasteiger partial charge is 0.375 e. The Morgan fingerprint density at radius 3 is 2.19 bits per heavy atom. The number of hydrogen-bond acceptors (Lipinski definition) is 9. The zero-order valence-electron chi connectivity index (χ0n) is 18.1. The lowest BCUT2D eigenvalue weighted by Gasteiger charge is -2.08. The second-order valence-electron chi connectivity index (χ2n) is 7.71. The van der Waals surface area contributed by atoms with Gasteiger partial charge in [-0.2, -0.15) is 16.8 Å². The van der Waals surface area contributed by atoms with Crippen molar-refractivity contribution in [1.29, 1.82) is 0 Å². The molecule has 0 aliphatic heterocycles. The van der Waals surface area contributed by atoms with E-state index >= 15 is 0 Å². The van der Waals surface area contributed by atoms with Crippen LogP contribution in [0, 0.1) is 0 Å². The van der Waals surface area contributed by atoms with E-state index in [9.17, 15) is 25.9 Å². The van der Waals surface area contributed by atoms with E-state index in [1.165, 1.54) is 18.2 Å². The molecule has 5 rings (SSSR count). The summed E-state index contributed by atoms with van der Waals surface area (Å²) < 4.78 is 67.1. The molecule has 0 amide bonds. The number of benzene rings is 4. The van der Waals surface area contributed by atoms with Crippen molar-refractivity contribution >= 4 is 68.9 Å². The Kier molecular flexibility index (Phi) is 5.81. The number of thiazole rings is 1. The standard InChI is InChI=1S/C23H16N4O6S3/c24-23-25-21(15-9-8-13-4-1-2-5-14(13)10-15)22(34-23)27-26-16-11-18-17(20(12-16)36(31,32)33)6-3-7-19(18)35(28,29)30/h1-12H,(H2,24,25)(H,28,29,30)(H,31,32,33). The van der Waals surface area contributed by atoms with Gasteiger partial charge in [-0.3, -0.25) is 9.11 Å². The number of aromatic nitrogens is 1. The molecule has 0 spiro atoms. The van der Waals surface area contributed by atoms with Crippen molar-refractivity contribution in [1.82, 2.24) is 4.98 Å². The van der Waals surface area contributed by atoms with Crippen LogP contribution in [0.3, 0.4) is 0 Å². The minimum Gasteiger partial charge on any atom is -0.375 e. The number of nitrogens with two attached hydrogens (primary N) is 1. The highest BCUT2D eigenvalue weighted by Gasteiger charge is 2.21. The number of fused-ring (bicyclic) bond motifs is 2. The molecule has 0 saturated heterocycles. The highest BCUT2D eigenvalue weighted by Crippen LogP contribution is 2.40. The van der Waals surface area contributed by atoms with Crippen LogP contribution in [0.25, 0.3) is 32.8 Å². The van der Waals surface area contributed by atoms with Crippen molar-refractivity contribution in [3.8, 4) is 11.3 Å². The zero-order chi connectivity index (χ0) is 25.7. The Morgan fingerprint density at radius 2 is 1.47 bits per heavy atom. The molecular weight excluding hydrogens is 524 g/mol. The van der Waals surface area contributed by atoms with Crippen LogP contribution in [0.4, 0.5) is 15.8 Å². The maximum atomic E-state index is 12.0. The summed E-state index contributed by atoms with van der Waals surface area (Å²) in [4.78, 5) is 3.22. The molecule has 5 aromatic rings. The monoisotopic (exact) mass is 540 g/mol. The maximum Gasteiger partial charge on any atom is 0.295 e. The lowest BCUT2D eigenvalue weighted by atomic mass is 10.1. The topological polar surface area (TPSA) is 172 Å². The van der Waals surface area contributed by atoms with Gasteiger partial charge in [0.1, 0.15) is 15.5 Å². The molecular formula is C23H16N4O6S3. The zero-order valence-corrected chi connectivity index (χ0v) is 20.5. The fourth-order valence-corrected chi connectivity index (χ4v) is 5.93. The first-order valence-electron chi connectivity index (χ1n) is 10.2. The summed E-state index contributed by atoms with van der Waals surface area (Å²) in [5.41, 5.74) is 7.04. The molecule has 0 saturated carbocycles. The van der Waals surface area contributed by atoms with Crippen LogP contribution in [-0.2, 0) is 20.2 Å². The third-order valence-electron chi connectivity index (χ3n) is 5.36. The van der Waals surface area contributed by atoms with Crippen molar-refractivity contribution < 1.29 is 25.9 Å². The third-order valence-corrected chi connectivity index (χ3v) is 7.94. The van der Waals surface area contributed by atoms with Gasteiger partial charge in [0.15, 0.2) is 10.1 Å². The minimum absolute atomic E-state index is 0.0809. The summed E-state index contributed by atoms with van der Waals surface area (Å²) in [5, 5.41) is 10.6. The summed E-state index contributed by atoms with van der Waals surface area (Å²) in [7, 11) is -9.48. The summed E-state index contributed by atoms with van der Waals surface area (Å²) in [6.07, 6.45) is 0. The molecule has 4 aromatic carbocycles. The summed E-state index contributed by atoms with van der Waals surface area (Å²) in [5.74, 6) is 0. The van der Waals surface area contributed by atoms with Gasteiger partial charge in [-0.25, -0.2) is 4.98 Å². The molecule has 0 unspecified atom stereocenters. The van der Waals surface area contributed by atoms with Crippen LogP contribution in [0.15, 0.2) is 92.8 Å². The predicted molar refractivity (Wildman–Crippen MR) is 137 cm³/mol. The van der Waals surface area contributed by atoms with Crippen LogP contribution < -0.4 is 5.73 Å². The van der Waals surface area contributed by atoms with Gasteiger partial charge in [0.2, 0.25) is 0 Å². The van der Waals surface area contributed by atoms with Crippen LogP contribution in [0.1, 0.15) is 0 Å². The highest BCUT2D eigenvalue weighted by molar-refractivity contribution is 7.86. The van der Waals surface area contributed by atoms with E-state index in [1.807, 2.05) is 42.5 Å². The van der Waals surface area contributed by atoms with Gasteiger partial charge in [0.25, 0.3) is 20.2 Å². The number of nitrogens with zero attached hydrogens (tertiary/aromatic N) is 3. The highest BCUT2D eigenvalue weighted by atomic mass is 32.2. The van der Waals surface area contributed by atoms with E-state index in [0.29, 0.717) is 10.7 Å². The average molecular weight is 541 g/mol. The first-order chi connectivity index (χ1) is 17.0.